The zero-order valence-corrected chi connectivity index (χ0v) is 18.6. The number of nitrogens with zero attached hydrogens (tertiary/aromatic N) is 5. The highest BCUT2D eigenvalue weighted by Crippen LogP contribution is 2.40. The van der Waals surface area contributed by atoms with Crippen molar-refractivity contribution >= 4 is 23.2 Å². The maximum atomic E-state index is 13.6. The number of halogens is 2. The van der Waals surface area contributed by atoms with Gasteiger partial charge in [0.2, 0.25) is 11.8 Å². The van der Waals surface area contributed by atoms with Crippen molar-refractivity contribution < 1.29 is 13.9 Å². The highest BCUT2D eigenvalue weighted by molar-refractivity contribution is 6.30. The topological polar surface area (TPSA) is 77.3 Å². The van der Waals surface area contributed by atoms with Gasteiger partial charge in [0.05, 0.1) is 7.11 Å². The minimum Gasteiger partial charge on any atom is -0.481 e. The van der Waals surface area contributed by atoms with Gasteiger partial charge in [0.1, 0.15) is 11.6 Å². The Morgan fingerprint density at radius 1 is 1.16 bits per heavy atom. The van der Waals surface area contributed by atoms with Crippen LogP contribution in [0.1, 0.15) is 12.8 Å². The first-order chi connectivity index (χ1) is 15.5. The summed E-state index contributed by atoms with van der Waals surface area (Å²) < 4.78 is 26.1. The lowest BCUT2D eigenvalue weighted by atomic mass is 9.92. The Morgan fingerprint density at radius 3 is 2.66 bits per heavy atom. The molecule has 2 aliphatic rings. The molecule has 168 valence electrons. The molecule has 5 rings (SSSR count). The zero-order chi connectivity index (χ0) is 22.2. The third-order valence-corrected chi connectivity index (χ3v) is 6.41. The fourth-order valence-electron chi connectivity index (χ4n) is 4.74. The van der Waals surface area contributed by atoms with Gasteiger partial charge in [-0.25, -0.2) is 14.1 Å². The van der Waals surface area contributed by atoms with Crippen LogP contribution in [-0.2, 0) is 7.05 Å². The van der Waals surface area contributed by atoms with Crippen molar-refractivity contribution in [3.63, 3.8) is 0 Å². The Bertz CT molecular complexity index is 1090. The molecule has 1 saturated heterocycles. The molecule has 1 aliphatic carbocycles. The number of pyridine rings is 1. The van der Waals surface area contributed by atoms with E-state index in [1.807, 2.05) is 12.1 Å². The molecule has 2 bridgehead atoms. The Morgan fingerprint density at radius 2 is 1.94 bits per heavy atom. The van der Waals surface area contributed by atoms with Gasteiger partial charge in [0, 0.05) is 55.2 Å². The van der Waals surface area contributed by atoms with E-state index in [4.69, 9.17) is 21.1 Å². The van der Waals surface area contributed by atoms with E-state index in [9.17, 15) is 4.39 Å². The van der Waals surface area contributed by atoms with Crippen LogP contribution in [0.15, 0.2) is 36.5 Å². The summed E-state index contributed by atoms with van der Waals surface area (Å²) >= 11 is 5.91. The number of rotatable bonds is 6. The summed E-state index contributed by atoms with van der Waals surface area (Å²) in [5, 5.41) is 8.23. The van der Waals surface area contributed by atoms with Crippen LogP contribution in [0, 0.1) is 17.7 Å². The maximum absolute atomic E-state index is 13.6. The van der Waals surface area contributed by atoms with Crippen LogP contribution in [0.25, 0.3) is 0 Å². The molecule has 0 amide bonds. The number of fused-ring (bicyclic) bond motifs is 2. The first kappa shape index (κ1) is 20.8. The Balaban J connectivity index is 1.28. The highest BCUT2D eigenvalue weighted by Gasteiger charge is 2.42. The molecule has 0 spiro atoms. The Hall–Kier alpha value is -3.07. The molecule has 3 aromatic rings. The summed E-state index contributed by atoms with van der Waals surface area (Å²) in [5.74, 6) is 1.89. The van der Waals surface area contributed by atoms with E-state index in [-0.39, 0.29) is 22.8 Å². The molecular weight excluding hydrogens is 435 g/mol. The quantitative estimate of drug-likeness (QED) is 0.595. The number of benzene rings is 1. The number of anilines is 2. The smallest absolute Gasteiger partial charge is 0.321 e. The molecule has 3 atom stereocenters. The number of aromatic nitrogens is 4. The van der Waals surface area contributed by atoms with E-state index in [0.717, 1.165) is 31.6 Å². The number of methoxy groups -OCH3 is 1. The normalized spacial score (nSPS) is 22.1. The molecule has 1 aliphatic heterocycles. The number of nitrogens with one attached hydrogen (secondary N) is 1. The van der Waals surface area contributed by atoms with Gasteiger partial charge in [-0.1, -0.05) is 11.6 Å². The van der Waals surface area contributed by atoms with Gasteiger partial charge >= 0.3 is 6.01 Å². The summed E-state index contributed by atoms with van der Waals surface area (Å²) in [6, 6.07) is 8.58. The van der Waals surface area contributed by atoms with E-state index in [0.29, 0.717) is 23.7 Å². The van der Waals surface area contributed by atoms with Crippen LogP contribution in [-0.4, -0.2) is 46.0 Å². The summed E-state index contributed by atoms with van der Waals surface area (Å²) in [7, 11) is 3.37. The summed E-state index contributed by atoms with van der Waals surface area (Å²) in [4.78, 5) is 11.1. The second kappa shape index (κ2) is 8.46. The van der Waals surface area contributed by atoms with E-state index in [1.54, 1.807) is 20.4 Å². The lowest BCUT2D eigenvalue weighted by Gasteiger charge is -2.39. The third kappa shape index (κ3) is 4.17. The predicted molar refractivity (Wildman–Crippen MR) is 119 cm³/mol. The average molecular weight is 459 g/mol. The van der Waals surface area contributed by atoms with Crippen molar-refractivity contribution in [1.82, 2.24) is 19.7 Å². The van der Waals surface area contributed by atoms with E-state index in [2.05, 4.69) is 25.3 Å². The maximum Gasteiger partial charge on any atom is 0.321 e. The number of aryl methyl sites for hydroxylation is 1. The fourth-order valence-corrected chi connectivity index (χ4v) is 4.95. The summed E-state index contributed by atoms with van der Waals surface area (Å²) in [6.07, 6.45) is 4.09. The molecule has 0 unspecified atom stereocenters. The van der Waals surface area contributed by atoms with Gasteiger partial charge in [-0.05, 0) is 42.9 Å². The van der Waals surface area contributed by atoms with Gasteiger partial charge < -0.3 is 19.7 Å². The van der Waals surface area contributed by atoms with E-state index >= 15 is 0 Å². The van der Waals surface area contributed by atoms with Gasteiger partial charge in [0.15, 0.2) is 0 Å². The number of hydrogen-bond acceptors (Lipinski definition) is 7. The molecule has 3 heterocycles. The average Bonchev–Trinajstić information content (AvgIpc) is 3.20. The molecule has 1 saturated carbocycles. The lowest BCUT2D eigenvalue weighted by molar-refractivity contribution is 0.374. The van der Waals surface area contributed by atoms with Crippen molar-refractivity contribution in [3.8, 4) is 17.6 Å². The lowest BCUT2D eigenvalue weighted by Crippen LogP contribution is -2.48. The van der Waals surface area contributed by atoms with Crippen LogP contribution in [0.4, 0.5) is 16.0 Å². The predicted octanol–water partition coefficient (Wildman–Crippen LogP) is 4.13. The highest BCUT2D eigenvalue weighted by atomic mass is 35.5. The van der Waals surface area contributed by atoms with Crippen LogP contribution >= 0.6 is 11.6 Å². The largest absolute Gasteiger partial charge is 0.481 e. The first-order valence-electron chi connectivity index (χ1n) is 10.5. The van der Waals surface area contributed by atoms with Crippen molar-refractivity contribution in [2.75, 3.05) is 30.4 Å². The van der Waals surface area contributed by atoms with Gasteiger partial charge in [-0.2, -0.15) is 4.98 Å². The van der Waals surface area contributed by atoms with Crippen LogP contribution < -0.4 is 19.7 Å². The molecule has 32 heavy (non-hydrogen) atoms. The monoisotopic (exact) mass is 458 g/mol. The van der Waals surface area contributed by atoms with Crippen LogP contribution in [0.5, 0.6) is 17.6 Å². The fraction of sp³-hybridized carbons (Fsp3) is 0.409. The second-order valence-electron chi connectivity index (χ2n) is 8.28. The second-order valence-corrected chi connectivity index (χ2v) is 8.71. The third-order valence-electron chi connectivity index (χ3n) is 6.19. The van der Waals surface area contributed by atoms with Crippen LogP contribution in [0.3, 0.4) is 0 Å². The summed E-state index contributed by atoms with van der Waals surface area (Å²) in [5.41, 5.74) is 1.13. The molecule has 10 heteroatoms. The number of piperidine rings is 1. The van der Waals surface area contributed by atoms with E-state index in [1.165, 1.54) is 22.9 Å². The van der Waals surface area contributed by atoms with Crippen LogP contribution in [0.2, 0.25) is 5.02 Å². The van der Waals surface area contributed by atoms with Gasteiger partial charge in [0.25, 0.3) is 0 Å². The van der Waals surface area contributed by atoms with Crippen molar-refractivity contribution in [1.29, 1.82) is 0 Å². The van der Waals surface area contributed by atoms with Crippen molar-refractivity contribution in [3.05, 3.63) is 47.4 Å². The first-order valence-corrected chi connectivity index (χ1v) is 10.9. The molecule has 0 radical (unpaired) electrons. The summed E-state index contributed by atoms with van der Waals surface area (Å²) in [6.45, 7) is 1.89. The molecule has 2 aromatic heterocycles. The van der Waals surface area contributed by atoms with Crippen molar-refractivity contribution in [2.45, 2.75) is 18.9 Å². The minimum absolute atomic E-state index is 0.260. The number of ether oxygens (including phenoxy) is 2. The Labute approximate surface area is 190 Å². The molecular formula is C22H24ClFN6O2. The van der Waals surface area contributed by atoms with Crippen molar-refractivity contribution in [2.24, 2.45) is 18.9 Å². The zero-order valence-electron chi connectivity index (χ0n) is 17.8. The minimum atomic E-state index is -0.469. The number of hydrogen-bond donors (Lipinski definition) is 1. The Kier molecular flexibility index (Phi) is 5.50. The molecule has 1 N–H and O–H groups in total. The molecule has 1 aromatic carbocycles. The molecule has 2 fully saturated rings. The van der Waals surface area contributed by atoms with Gasteiger partial charge in [-0.15, -0.1) is 5.10 Å². The standard InChI is InChI=1S/C22H24ClFN6O2/c1-29-22(32-18-8-15(23)7-16(24)9-18)27-21(28-29)26-20-13-3-4-14(20)12-30(11-13)17-5-6-25-19(10-17)31-2/h5-10,13-14,20H,3-4,11-12H2,1-2H3,(H,26,28)/t13-,14+,20-. The SMILES string of the molecule is COc1cc(N2C[C@H]3CC[C@@H](C2)[C@@H]3Nc2nc(Oc3cc(F)cc(Cl)c3)n(C)n2)ccn1. The molecule has 8 nitrogen and oxygen atoms in total. The van der Waals surface area contributed by atoms with Gasteiger partial charge in [-0.3, -0.25) is 0 Å². The van der Waals surface area contributed by atoms with E-state index < -0.39 is 5.82 Å².